The Morgan fingerprint density at radius 2 is 2.44 bits per heavy atom. The van der Waals surface area contributed by atoms with Gasteiger partial charge in [0.15, 0.2) is 0 Å². The summed E-state index contributed by atoms with van der Waals surface area (Å²) in [4.78, 5) is 16.6. The molecule has 1 aliphatic carbocycles. The van der Waals surface area contributed by atoms with Crippen molar-refractivity contribution in [1.82, 2.24) is 9.55 Å². The molecule has 0 unspecified atom stereocenters. The van der Waals surface area contributed by atoms with Crippen molar-refractivity contribution >= 4 is 27.5 Å². The van der Waals surface area contributed by atoms with E-state index in [0.29, 0.717) is 12.6 Å². The molecule has 0 radical (unpaired) electrons. The largest absolute Gasteiger partial charge is 0.353 e. The van der Waals surface area contributed by atoms with E-state index in [0.717, 1.165) is 16.2 Å². The summed E-state index contributed by atoms with van der Waals surface area (Å²) >= 11 is 1.46. The average Bonchev–Trinajstić information content (AvgIpc) is 2.95. The average molecular weight is 235 g/mol. The van der Waals surface area contributed by atoms with Gasteiger partial charge in [-0.05, 0) is 31.2 Å². The van der Waals surface area contributed by atoms with Crippen LogP contribution in [0.2, 0.25) is 0 Å². The highest BCUT2D eigenvalue weighted by molar-refractivity contribution is 7.17. The van der Waals surface area contributed by atoms with Crippen LogP contribution in [0.25, 0.3) is 10.2 Å². The second-order valence-corrected chi connectivity index (χ2v) is 4.95. The number of anilines is 1. The third kappa shape index (κ3) is 1.51. The van der Waals surface area contributed by atoms with Crippen LogP contribution in [0.5, 0.6) is 0 Å². The van der Waals surface area contributed by atoms with E-state index in [1.807, 2.05) is 18.4 Å². The zero-order valence-corrected chi connectivity index (χ0v) is 9.88. The number of rotatable bonds is 3. The maximum Gasteiger partial charge on any atom is 0.272 e. The minimum atomic E-state index is 0.0747. The van der Waals surface area contributed by atoms with E-state index in [1.54, 1.807) is 4.57 Å². The van der Waals surface area contributed by atoms with Gasteiger partial charge in [-0.1, -0.05) is 0 Å². The molecule has 0 aromatic carbocycles. The van der Waals surface area contributed by atoms with Crippen molar-refractivity contribution in [3.05, 3.63) is 21.8 Å². The Labute approximate surface area is 96.9 Å². The Morgan fingerprint density at radius 3 is 3.12 bits per heavy atom. The fourth-order valence-corrected chi connectivity index (χ4v) is 2.54. The summed E-state index contributed by atoms with van der Waals surface area (Å²) in [6, 6.07) is 2.42. The molecule has 1 aliphatic rings. The van der Waals surface area contributed by atoms with Crippen molar-refractivity contribution in [3.8, 4) is 0 Å². The van der Waals surface area contributed by atoms with E-state index in [2.05, 4.69) is 10.3 Å². The maximum atomic E-state index is 12.1. The number of hydrogen-bond donors (Lipinski definition) is 1. The molecule has 2 aromatic rings. The third-order valence-corrected chi connectivity index (χ3v) is 3.68. The van der Waals surface area contributed by atoms with Gasteiger partial charge in [0, 0.05) is 12.6 Å². The normalized spacial score (nSPS) is 15.6. The van der Waals surface area contributed by atoms with Crippen molar-refractivity contribution in [1.29, 1.82) is 0 Å². The predicted octanol–water partition coefficient (Wildman–Crippen LogP) is 2.05. The Hall–Kier alpha value is -1.36. The smallest absolute Gasteiger partial charge is 0.272 e. The van der Waals surface area contributed by atoms with E-state index in [1.165, 1.54) is 24.2 Å². The summed E-state index contributed by atoms with van der Waals surface area (Å²) in [7, 11) is 0. The van der Waals surface area contributed by atoms with Crippen LogP contribution in [0.15, 0.2) is 16.2 Å². The van der Waals surface area contributed by atoms with Crippen LogP contribution in [-0.4, -0.2) is 15.6 Å². The van der Waals surface area contributed by atoms with E-state index >= 15 is 0 Å². The lowest BCUT2D eigenvalue weighted by Gasteiger charge is -2.11. The molecule has 1 fully saturated rings. The lowest BCUT2D eigenvalue weighted by molar-refractivity contribution is 0.722. The van der Waals surface area contributed by atoms with Crippen LogP contribution in [-0.2, 0) is 6.54 Å². The molecule has 0 saturated heterocycles. The van der Waals surface area contributed by atoms with Gasteiger partial charge in [0.25, 0.3) is 5.56 Å². The summed E-state index contributed by atoms with van der Waals surface area (Å²) in [5.74, 6) is 0.723. The fourth-order valence-electron chi connectivity index (χ4n) is 1.76. The number of nitrogens with one attached hydrogen (secondary N) is 1. The molecule has 5 heteroatoms. The van der Waals surface area contributed by atoms with Crippen LogP contribution >= 0.6 is 11.3 Å². The van der Waals surface area contributed by atoms with Gasteiger partial charge in [-0.25, -0.2) is 4.98 Å². The Balaban J connectivity index is 2.19. The quantitative estimate of drug-likeness (QED) is 0.885. The molecule has 0 spiro atoms. The van der Waals surface area contributed by atoms with Crippen molar-refractivity contribution in [2.24, 2.45) is 0 Å². The summed E-state index contributed by atoms with van der Waals surface area (Å²) in [5.41, 5.74) is 0.883. The summed E-state index contributed by atoms with van der Waals surface area (Å²) in [5, 5.41) is 5.23. The van der Waals surface area contributed by atoms with Gasteiger partial charge >= 0.3 is 0 Å². The Kier molecular flexibility index (Phi) is 2.21. The van der Waals surface area contributed by atoms with Gasteiger partial charge in [-0.15, -0.1) is 11.3 Å². The first kappa shape index (κ1) is 9.84. The van der Waals surface area contributed by atoms with Crippen LogP contribution in [0.1, 0.15) is 19.8 Å². The molecule has 1 saturated carbocycles. The highest BCUT2D eigenvalue weighted by Crippen LogP contribution is 2.24. The van der Waals surface area contributed by atoms with Crippen molar-refractivity contribution < 1.29 is 0 Å². The van der Waals surface area contributed by atoms with Crippen LogP contribution in [0.3, 0.4) is 0 Å². The van der Waals surface area contributed by atoms with Crippen LogP contribution in [0.4, 0.5) is 5.95 Å². The third-order valence-electron chi connectivity index (χ3n) is 2.79. The number of fused-ring (bicyclic) bond motifs is 1. The number of hydrogen-bond acceptors (Lipinski definition) is 4. The second-order valence-electron chi connectivity index (χ2n) is 4.04. The molecule has 0 atom stereocenters. The van der Waals surface area contributed by atoms with Gasteiger partial charge in [0.1, 0.15) is 4.70 Å². The molecular formula is C11H13N3OS. The lowest BCUT2D eigenvalue weighted by Crippen LogP contribution is -2.24. The number of thiophene rings is 1. The summed E-state index contributed by atoms with van der Waals surface area (Å²) in [6.07, 6.45) is 2.36. The van der Waals surface area contributed by atoms with E-state index in [9.17, 15) is 4.79 Å². The number of nitrogens with zero attached hydrogens (tertiary/aromatic N) is 2. The van der Waals surface area contributed by atoms with Gasteiger partial charge in [0.2, 0.25) is 5.95 Å². The highest BCUT2D eigenvalue weighted by atomic mass is 32.1. The molecule has 1 N–H and O–H groups in total. The molecular weight excluding hydrogens is 222 g/mol. The minimum absolute atomic E-state index is 0.0747. The predicted molar refractivity (Wildman–Crippen MR) is 66.2 cm³/mol. The first-order chi connectivity index (χ1) is 7.79. The number of aromatic nitrogens is 2. The molecule has 84 valence electrons. The van der Waals surface area contributed by atoms with Gasteiger partial charge in [0.05, 0.1) is 5.52 Å². The van der Waals surface area contributed by atoms with Gasteiger partial charge in [-0.3, -0.25) is 9.36 Å². The SMILES string of the molecule is CCn1c(NC2CC2)nc2ccsc2c1=O. The standard InChI is InChI=1S/C11H13N3OS/c1-2-14-10(15)9-8(5-6-16-9)13-11(14)12-7-3-4-7/h5-7H,2-4H2,1H3,(H,12,13). The molecule has 0 aliphatic heterocycles. The molecule has 2 aromatic heterocycles. The molecule has 4 nitrogen and oxygen atoms in total. The van der Waals surface area contributed by atoms with Gasteiger partial charge < -0.3 is 5.32 Å². The first-order valence-electron chi connectivity index (χ1n) is 5.54. The second kappa shape index (κ2) is 3.59. The maximum absolute atomic E-state index is 12.1. The van der Waals surface area contributed by atoms with E-state index in [-0.39, 0.29) is 5.56 Å². The van der Waals surface area contributed by atoms with Gasteiger partial charge in [-0.2, -0.15) is 0 Å². The molecule has 0 amide bonds. The summed E-state index contributed by atoms with van der Waals surface area (Å²) in [6.45, 7) is 2.63. The van der Waals surface area contributed by atoms with Crippen molar-refractivity contribution in [2.45, 2.75) is 32.4 Å². The van der Waals surface area contributed by atoms with E-state index < -0.39 is 0 Å². The minimum Gasteiger partial charge on any atom is -0.353 e. The first-order valence-corrected chi connectivity index (χ1v) is 6.42. The Morgan fingerprint density at radius 1 is 1.62 bits per heavy atom. The fraction of sp³-hybridized carbons (Fsp3) is 0.455. The van der Waals surface area contributed by atoms with Crippen LogP contribution in [0, 0.1) is 0 Å². The molecule has 0 bridgehead atoms. The topological polar surface area (TPSA) is 46.9 Å². The summed E-state index contributed by atoms with van der Waals surface area (Å²) < 4.78 is 2.47. The zero-order chi connectivity index (χ0) is 11.1. The molecule has 3 rings (SSSR count). The molecule has 2 heterocycles. The lowest BCUT2D eigenvalue weighted by atomic mass is 10.4. The van der Waals surface area contributed by atoms with Crippen molar-refractivity contribution in [2.75, 3.05) is 5.32 Å². The zero-order valence-electron chi connectivity index (χ0n) is 9.06. The molecule has 16 heavy (non-hydrogen) atoms. The monoisotopic (exact) mass is 235 g/mol. The van der Waals surface area contributed by atoms with E-state index in [4.69, 9.17) is 0 Å². The van der Waals surface area contributed by atoms with Crippen molar-refractivity contribution in [3.63, 3.8) is 0 Å². The highest BCUT2D eigenvalue weighted by Gasteiger charge is 2.23. The Bertz CT molecular complexity index is 582. The van der Waals surface area contributed by atoms with Crippen LogP contribution < -0.4 is 10.9 Å².